The van der Waals surface area contributed by atoms with Crippen LogP contribution >= 0.6 is 0 Å². The number of nitrogens with zero attached hydrogens (tertiary/aromatic N) is 3. The van der Waals surface area contributed by atoms with Gasteiger partial charge in [-0.05, 0) is 44.7 Å². The number of amides is 1. The summed E-state index contributed by atoms with van der Waals surface area (Å²) in [5.74, 6) is 1.60. The van der Waals surface area contributed by atoms with Gasteiger partial charge in [0.05, 0.1) is 24.5 Å². The minimum absolute atomic E-state index is 0.0943. The van der Waals surface area contributed by atoms with E-state index in [1.54, 1.807) is 6.92 Å². The van der Waals surface area contributed by atoms with Gasteiger partial charge in [-0.15, -0.1) is 0 Å². The molecule has 6 nitrogen and oxygen atoms in total. The summed E-state index contributed by atoms with van der Waals surface area (Å²) in [4.78, 5) is 14.2. The summed E-state index contributed by atoms with van der Waals surface area (Å²) in [5, 5.41) is 7.88. The van der Waals surface area contributed by atoms with Gasteiger partial charge in [0.2, 0.25) is 5.91 Å². The van der Waals surface area contributed by atoms with Crippen molar-refractivity contribution < 1.29 is 9.53 Å². The fourth-order valence-electron chi connectivity index (χ4n) is 4.36. The van der Waals surface area contributed by atoms with E-state index in [0.29, 0.717) is 18.6 Å². The maximum absolute atomic E-state index is 12.3. The van der Waals surface area contributed by atoms with Crippen molar-refractivity contribution in [1.82, 2.24) is 15.1 Å². The highest BCUT2D eigenvalue weighted by atomic mass is 16.5. The Hall–Kier alpha value is -2.34. The van der Waals surface area contributed by atoms with E-state index in [0.717, 1.165) is 54.1 Å². The number of hydrogen-bond donors (Lipinski definition) is 1. The molecule has 2 aromatic rings. The molecule has 2 fully saturated rings. The Labute approximate surface area is 165 Å². The highest BCUT2D eigenvalue weighted by molar-refractivity contribution is 5.95. The van der Waals surface area contributed by atoms with Crippen LogP contribution in [0.3, 0.4) is 0 Å². The Morgan fingerprint density at radius 2 is 2.11 bits per heavy atom. The summed E-state index contributed by atoms with van der Waals surface area (Å²) >= 11 is 0. The van der Waals surface area contributed by atoms with Crippen LogP contribution in [0.1, 0.15) is 44.7 Å². The molecule has 1 atom stereocenters. The fourth-order valence-corrected chi connectivity index (χ4v) is 4.36. The molecule has 2 aliphatic heterocycles. The third kappa shape index (κ3) is 3.09. The summed E-state index contributed by atoms with van der Waals surface area (Å²) in [5.41, 5.74) is 4.36. The molecule has 1 aliphatic carbocycles. The minimum atomic E-state index is 0.0943. The molecule has 1 saturated carbocycles. The van der Waals surface area contributed by atoms with Crippen LogP contribution < -0.4 is 15.0 Å². The number of benzene rings is 1. The number of nitrogens with one attached hydrogen (secondary N) is 1. The van der Waals surface area contributed by atoms with Gasteiger partial charge in [0.15, 0.2) is 0 Å². The number of fused-ring (bicyclic) bond motifs is 1. The first kappa shape index (κ1) is 17.7. The average Bonchev–Trinajstić information content (AvgIpc) is 3.37. The Balaban J connectivity index is 1.56. The average molecular weight is 380 g/mol. The van der Waals surface area contributed by atoms with Gasteiger partial charge in [-0.25, -0.2) is 0 Å². The predicted octanol–water partition coefficient (Wildman–Crippen LogP) is 3.17. The van der Waals surface area contributed by atoms with Gasteiger partial charge in [-0.3, -0.25) is 9.48 Å². The van der Waals surface area contributed by atoms with Gasteiger partial charge in [-0.1, -0.05) is 0 Å². The van der Waals surface area contributed by atoms with E-state index in [1.807, 2.05) is 11.1 Å². The van der Waals surface area contributed by atoms with Gasteiger partial charge in [-0.2, -0.15) is 5.10 Å². The van der Waals surface area contributed by atoms with Crippen LogP contribution in [0.5, 0.6) is 5.75 Å². The van der Waals surface area contributed by atoms with Crippen LogP contribution in [0.4, 0.5) is 5.69 Å². The highest BCUT2D eigenvalue weighted by Crippen LogP contribution is 2.44. The topological polar surface area (TPSA) is 59.4 Å². The molecule has 1 saturated heterocycles. The molecule has 1 aromatic heterocycles. The molecule has 0 bridgehead atoms. The van der Waals surface area contributed by atoms with Gasteiger partial charge in [0.1, 0.15) is 5.75 Å². The summed E-state index contributed by atoms with van der Waals surface area (Å²) in [6, 6.07) is 4.98. The first-order valence-corrected chi connectivity index (χ1v) is 10.5. The predicted molar refractivity (Wildman–Crippen MR) is 109 cm³/mol. The molecular weight excluding hydrogens is 352 g/mol. The zero-order chi connectivity index (χ0) is 19.3. The Morgan fingerprint density at radius 1 is 1.29 bits per heavy atom. The van der Waals surface area contributed by atoms with E-state index in [2.05, 4.69) is 40.4 Å². The van der Waals surface area contributed by atoms with E-state index in [-0.39, 0.29) is 11.9 Å². The van der Waals surface area contributed by atoms with E-state index >= 15 is 0 Å². The Morgan fingerprint density at radius 3 is 2.79 bits per heavy atom. The molecule has 28 heavy (non-hydrogen) atoms. The molecule has 3 aliphatic rings. The molecule has 6 heteroatoms. The molecule has 3 heterocycles. The summed E-state index contributed by atoms with van der Waals surface area (Å²) in [6.45, 7) is 6.52. The lowest BCUT2D eigenvalue weighted by Gasteiger charge is -2.36. The molecule has 1 amide bonds. The van der Waals surface area contributed by atoms with Gasteiger partial charge in [0, 0.05) is 54.9 Å². The molecule has 148 valence electrons. The molecule has 0 radical (unpaired) electrons. The third-order valence-corrected chi connectivity index (χ3v) is 6.25. The van der Waals surface area contributed by atoms with Crippen molar-refractivity contribution in [3.8, 4) is 16.9 Å². The molecular formula is C22H28N4O2. The molecule has 1 unspecified atom stereocenters. The number of carbonyl (C=O) groups is 1. The number of hydrogen-bond acceptors (Lipinski definition) is 4. The Kier molecular flexibility index (Phi) is 4.38. The fraction of sp³-hybridized carbons (Fsp3) is 0.545. The summed E-state index contributed by atoms with van der Waals surface area (Å²) in [7, 11) is 0. The van der Waals surface area contributed by atoms with Gasteiger partial charge >= 0.3 is 0 Å². The van der Waals surface area contributed by atoms with Gasteiger partial charge < -0.3 is 15.0 Å². The van der Waals surface area contributed by atoms with Crippen molar-refractivity contribution >= 4 is 11.6 Å². The van der Waals surface area contributed by atoms with Gasteiger partial charge in [0.25, 0.3) is 0 Å². The van der Waals surface area contributed by atoms with E-state index in [9.17, 15) is 4.79 Å². The Bertz CT molecular complexity index is 898. The number of ether oxygens (including phenoxy) is 1. The minimum Gasteiger partial charge on any atom is -0.492 e. The maximum Gasteiger partial charge on any atom is 0.224 e. The van der Waals surface area contributed by atoms with Crippen LogP contribution in [0, 0.1) is 5.92 Å². The largest absolute Gasteiger partial charge is 0.492 e. The second-order valence-electron chi connectivity index (χ2n) is 8.49. The second kappa shape index (κ2) is 6.92. The first-order valence-electron chi connectivity index (χ1n) is 10.5. The van der Waals surface area contributed by atoms with E-state index in [1.165, 1.54) is 12.8 Å². The molecule has 1 N–H and O–H groups in total. The zero-order valence-corrected chi connectivity index (χ0v) is 16.6. The van der Waals surface area contributed by atoms with E-state index < -0.39 is 0 Å². The van der Waals surface area contributed by atoms with Crippen LogP contribution in [-0.2, 0) is 11.2 Å². The number of rotatable bonds is 5. The lowest BCUT2D eigenvalue weighted by Crippen LogP contribution is -2.45. The number of aromatic nitrogens is 2. The van der Waals surface area contributed by atoms with Crippen LogP contribution in [-0.4, -0.2) is 41.4 Å². The molecule has 5 rings (SSSR count). The first-order chi connectivity index (χ1) is 13.6. The summed E-state index contributed by atoms with van der Waals surface area (Å²) < 4.78 is 8.51. The van der Waals surface area contributed by atoms with Crippen molar-refractivity contribution in [3.05, 3.63) is 30.1 Å². The van der Waals surface area contributed by atoms with Crippen LogP contribution in [0.25, 0.3) is 11.1 Å². The van der Waals surface area contributed by atoms with Crippen molar-refractivity contribution in [3.63, 3.8) is 0 Å². The van der Waals surface area contributed by atoms with E-state index in [4.69, 9.17) is 4.74 Å². The quantitative estimate of drug-likeness (QED) is 0.866. The lowest BCUT2D eigenvalue weighted by molar-refractivity contribution is -0.117. The third-order valence-electron chi connectivity index (χ3n) is 6.25. The smallest absolute Gasteiger partial charge is 0.224 e. The van der Waals surface area contributed by atoms with Crippen molar-refractivity contribution in [2.75, 3.05) is 24.6 Å². The monoisotopic (exact) mass is 380 g/mol. The van der Waals surface area contributed by atoms with Crippen molar-refractivity contribution in [1.29, 1.82) is 0 Å². The van der Waals surface area contributed by atoms with Crippen LogP contribution in [0.15, 0.2) is 24.5 Å². The van der Waals surface area contributed by atoms with Crippen LogP contribution in [0.2, 0.25) is 0 Å². The number of anilines is 1. The SMILES string of the molecule is CC(=O)N1c2ccc(-c3cnn(C4CC4)c3)c(OCC3CNC3)c2CCC1C. The van der Waals surface area contributed by atoms with Crippen molar-refractivity contribution in [2.45, 2.75) is 51.6 Å². The zero-order valence-electron chi connectivity index (χ0n) is 16.6. The lowest BCUT2D eigenvalue weighted by atomic mass is 9.92. The molecule has 0 spiro atoms. The normalized spacial score (nSPS) is 21.9. The second-order valence-corrected chi connectivity index (χ2v) is 8.49. The highest BCUT2D eigenvalue weighted by Gasteiger charge is 2.31. The summed E-state index contributed by atoms with van der Waals surface area (Å²) in [6.07, 6.45) is 8.42. The maximum atomic E-state index is 12.3. The number of carbonyl (C=O) groups excluding carboxylic acids is 1. The standard InChI is InChI=1S/C22H28N4O2/c1-14-3-6-20-21(26(14)15(2)27)8-7-19(22(20)28-13-16-9-23-10-16)17-11-24-25(12-17)18-4-5-18/h7-8,11-12,14,16,18,23H,3-6,9-10,13H2,1-2H3. The molecule has 1 aromatic carbocycles. The van der Waals surface area contributed by atoms with Crippen molar-refractivity contribution in [2.24, 2.45) is 5.92 Å².